The van der Waals surface area contributed by atoms with E-state index in [1.807, 2.05) is 24.3 Å². The standard InChI is InChI=1S/C15H21N3O2/c1-11(19)5-4-10-16-15(20)9-8-14-17-12-6-2-3-7-13(12)18-14/h2-3,6-7,11,19H,4-5,8-10H2,1H3,(H,16,20)(H,17,18). The number of carbonyl (C=O) groups excluding carboxylic acids is 1. The van der Waals surface area contributed by atoms with Crippen LogP contribution in [0, 0.1) is 0 Å². The Morgan fingerprint density at radius 3 is 3.00 bits per heavy atom. The van der Waals surface area contributed by atoms with Crippen LogP contribution in [0.2, 0.25) is 0 Å². The smallest absolute Gasteiger partial charge is 0.220 e. The second kappa shape index (κ2) is 7.05. The van der Waals surface area contributed by atoms with Gasteiger partial charge in [-0.15, -0.1) is 0 Å². The number of carbonyl (C=O) groups is 1. The van der Waals surface area contributed by atoms with Crippen molar-refractivity contribution in [3.05, 3.63) is 30.1 Å². The number of aromatic nitrogens is 2. The summed E-state index contributed by atoms with van der Waals surface area (Å²) in [6, 6.07) is 7.83. The second-order valence-corrected chi connectivity index (χ2v) is 5.04. The van der Waals surface area contributed by atoms with E-state index in [-0.39, 0.29) is 12.0 Å². The van der Waals surface area contributed by atoms with E-state index in [1.165, 1.54) is 0 Å². The normalized spacial score (nSPS) is 12.5. The largest absolute Gasteiger partial charge is 0.393 e. The van der Waals surface area contributed by atoms with E-state index < -0.39 is 0 Å². The molecule has 1 aromatic heterocycles. The predicted octanol–water partition coefficient (Wildman–Crippen LogP) is 1.77. The van der Waals surface area contributed by atoms with Gasteiger partial charge >= 0.3 is 0 Å². The third-order valence-corrected chi connectivity index (χ3v) is 3.15. The fourth-order valence-electron chi connectivity index (χ4n) is 2.07. The number of nitrogens with zero attached hydrogens (tertiary/aromatic N) is 1. The fraction of sp³-hybridized carbons (Fsp3) is 0.467. The first-order valence-corrected chi connectivity index (χ1v) is 7.03. The second-order valence-electron chi connectivity index (χ2n) is 5.04. The van der Waals surface area contributed by atoms with Crippen LogP contribution in [-0.4, -0.2) is 33.6 Å². The number of fused-ring (bicyclic) bond motifs is 1. The Kier molecular flexibility index (Phi) is 5.12. The first kappa shape index (κ1) is 14.5. The summed E-state index contributed by atoms with van der Waals surface area (Å²) >= 11 is 0. The van der Waals surface area contributed by atoms with Crippen molar-refractivity contribution < 1.29 is 9.90 Å². The van der Waals surface area contributed by atoms with Crippen LogP contribution in [-0.2, 0) is 11.2 Å². The highest BCUT2D eigenvalue weighted by Crippen LogP contribution is 2.11. The van der Waals surface area contributed by atoms with Gasteiger partial charge in [0.05, 0.1) is 17.1 Å². The maximum atomic E-state index is 11.7. The molecule has 0 spiro atoms. The van der Waals surface area contributed by atoms with Crippen molar-refractivity contribution in [1.82, 2.24) is 15.3 Å². The molecule has 1 unspecified atom stereocenters. The van der Waals surface area contributed by atoms with Crippen molar-refractivity contribution in [3.8, 4) is 0 Å². The quantitative estimate of drug-likeness (QED) is 0.674. The zero-order valence-electron chi connectivity index (χ0n) is 11.7. The number of amides is 1. The summed E-state index contributed by atoms with van der Waals surface area (Å²) in [5.41, 5.74) is 1.93. The Hall–Kier alpha value is -1.88. The highest BCUT2D eigenvalue weighted by atomic mass is 16.3. The predicted molar refractivity (Wildman–Crippen MR) is 78.3 cm³/mol. The molecule has 0 aliphatic heterocycles. The number of hydrogen-bond acceptors (Lipinski definition) is 3. The number of nitrogens with one attached hydrogen (secondary N) is 2. The third-order valence-electron chi connectivity index (χ3n) is 3.15. The van der Waals surface area contributed by atoms with Crippen LogP contribution < -0.4 is 5.32 Å². The number of imidazole rings is 1. The molecule has 5 nitrogen and oxygen atoms in total. The van der Waals surface area contributed by atoms with E-state index in [9.17, 15) is 4.79 Å². The minimum atomic E-state index is -0.303. The van der Waals surface area contributed by atoms with Gasteiger partial charge in [0, 0.05) is 19.4 Å². The van der Waals surface area contributed by atoms with Gasteiger partial charge in [-0.1, -0.05) is 12.1 Å². The third kappa shape index (κ3) is 4.35. The molecule has 0 saturated heterocycles. The Bertz CT molecular complexity index is 530. The van der Waals surface area contributed by atoms with Gasteiger partial charge in [-0.3, -0.25) is 4.79 Å². The molecular formula is C15H21N3O2. The van der Waals surface area contributed by atoms with Crippen molar-refractivity contribution >= 4 is 16.9 Å². The molecule has 0 saturated carbocycles. The van der Waals surface area contributed by atoms with E-state index in [0.29, 0.717) is 25.8 Å². The van der Waals surface area contributed by atoms with Crippen LogP contribution in [0.1, 0.15) is 32.0 Å². The number of hydrogen-bond donors (Lipinski definition) is 3. The fourth-order valence-corrected chi connectivity index (χ4v) is 2.07. The van der Waals surface area contributed by atoms with Gasteiger partial charge in [0.1, 0.15) is 5.82 Å². The van der Waals surface area contributed by atoms with Gasteiger partial charge in [-0.25, -0.2) is 4.98 Å². The summed E-state index contributed by atoms with van der Waals surface area (Å²) in [4.78, 5) is 19.3. The topological polar surface area (TPSA) is 78.0 Å². The molecule has 2 rings (SSSR count). The SMILES string of the molecule is CC(O)CCCNC(=O)CCc1nc2ccccc2[nH]1. The van der Waals surface area contributed by atoms with Crippen LogP contribution in [0.4, 0.5) is 0 Å². The first-order chi connectivity index (χ1) is 9.65. The molecule has 0 aliphatic carbocycles. The number of para-hydroxylation sites is 2. The highest BCUT2D eigenvalue weighted by molar-refractivity contribution is 5.77. The van der Waals surface area contributed by atoms with Gasteiger partial charge in [-0.05, 0) is 31.9 Å². The average Bonchev–Trinajstić information content (AvgIpc) is 2.84. The summed E-state index contributed by atoms with van der Waals surface area (Å²) in [6.45, 7) is 2.37. The summed E-state index contributed by atoms with van der Waals surface area (Å²) < 4.78 is 0. The molecule has 1 heterocycles. The van der Waals surface area contributed by atoms with Gasteiger partial charge in [0.25, 0.3) is 0 Å². The molecular weight excluding hydrogens is 254 g/mol. The van der Waals surface area contributed by atoms with Crippen molar-refractivity contribution in [2.24, 2.45) is 0 Å². The van der Waals surface area contributed by atoms with Crippen LogP contribution in [0.15, 0.2) is 24.3 Å². The van der Waals surface area contributed by atoms with Crippen molar-refractivity contribution in [2.75, 3.05) is 6.54 Å². The molecule has 108 valence electrons. The minimum absolute atomic E-state index is 0.0241. The number of rotatable bonds is 7. The van der Waals surface area contributed by atoms with Gasteiger partial charge in [0.2, 0.25) is 5.91 Å². The zero-order valence-corrected chi connectivity index (χ0v) is 11.7. The summed E-state index contributed by atoms with van der Waals surface area (Å²) in [5, 5.41) is 12.0. The molecule has 0 bridgehead atoms. The lowest BCUT2D eigenvalue weighted by molar-refractivity contribution is -0.121. The van der Waals surface area contributed by atoms with Crippen LogP contribution >= 0.6 is 0 Å². The zero-order chi connectivity index (χ0) is 14.4. The molecule has 1 atom stereocenters. The lowest BCUT2D eigenvalue weighted by Gasteiger charge is -2.05. The van der Waals surface area contributed by atoms with Gasteiger partial charge in [-0.2, -0.15) is 0 Å². The molecule has 20 heavy (non-hydrogen) atoms. The van der Waals surface area contributed by atoms with Crippen molar-refractivity contribution in [3.63, 3.8) is 0 Å². The van der Waals surface area contributed by atoms with Crippen molar-refractivity contribution in [2.45, 2.75) is 38.7 Å². The van der Waals surface area contributed by atoms with E-state index in [0.717, 1.165) is 23.3 Å². The van der Waals surface area contributed by atoms with Crippen LogP contribution in [0.25, 0.3) is 11.0 Å². The maximum Gasteiger partial charge on any atom is 0.220 e. The highest BCUT2D eigenvalue weighted by Gasteiger charge is 2.06. The Balaban J connectivity index is 1.73. The van der Waals surface area contributed by atoms with E-state index in [1.54, 1.807) is 6.92 Å². The average molecular weight is 275 g/mol. The molecule has 0 fully saturated rings. The van der Waals surface area contributed by atoms with Crippen LogP contribution in [0.3, 0.4) is 0 Å². The molecule has 1 aromatic carbocycles. The van der Waals surface area contributed by atoms with Gasteiger partial charge in [0.15, 0.2) is 0 Å². The number of H-pyrrole nitrogens is 1. The number of aliphatic hydroxyl groups excluding tert-OH is 1. The molecule has 2 aromatic rings. The van der Waals surface area contributed by atoms with E-state index >= 15 is 0 Å². The number of aromatic amines is 1. The Morgan fingerprint density at radius 1 is 1.45 bits per heavy atom. The lowest BCUT2D eigenvalue weighted by Crippen LogP contribution is -2.25. The summed E-state index contributed by atoms with van der Waals surface area (Å²) in [6.07, 6.45) is 2.24. The summed E-state index contributed by atoms with van der Waals surface area (Å²) in [7, 11) is 0. The molecule has 3 N–H and O–H groups in total. The molecule has 5 heteroatoms. The first-order valence-electron chi connectivity index (χ1n) is 7.03. The minimum Gasteiger partial charge on any atom is -0.393 e. The van der Waals surface area contributed by atoms with E-state index in [4.69, 9.17) is 5.11 Å². The van der Waals surface area contributed by atoms with Gasteiger partial charge < -0.3 is 15.4 Å². The Morgan fingerprint density at radius 2 is 2.25 bits per heavy atom. The number of aliphatic hydroxyl groups is 1. The molecule has 0 radical (unpaired) electrons. The molecule has 0 aliphatic rings. The number of aryl methyl sites for hydroxylation is 1. The maximum absolute atomic E-state index is 11.7. The monoisotopic (exact) mass is 275 g/mol. The molecule has 1 amide bonds. The van der Waals surface area contributed by atoms with Crippen molar-refractivity contribution in [1.29, 1.82) is 0 Å². The van der Waals surface area contributed by atoms with E-state index in [2.05, 4.69) is 15.3 Å². The van der Waals surface area contributed by atoms with Crippen LogP contribution in [0.5, 0.6) is 0 Å². The number of benzene rings is 1. The lowest BCUT2D eigenvalue weighted by atomic mass is 10.2. The summed E-state index contributed by atoms with van der Waals surface area (Å²) in [5.74, 6) is 0.862. The Labute approximate surface area is 118 Å².